The molecular formula is C25H25N5O3. The SMILES string of the molecule is CC(C)c1c(C(=O)N2CCN(C(=O)c3cc4ccccc4o3)CC2)cnn1-c1ccccn1. The lowest BCUT2D eigenvalue weighted by molar-refractivity contribution is 0.0518. The molecule has 4 heterocycles. The minimum atomic E-state index is -0.149. The Bertz CT molecular complexity index is 1270. The number of carbonyl (C=O) groups excluding carboxylic acids is 2. The Morgan fingerprint density at radius 3 is 2.30 bits per heavy atom. The van der Waals surface area contributed by atoms with E-state index in [0.29, 0.717) is 48.9 Å². The summed E-state index contributed by atoms with van der Waals surface area (Å²) in [5, 5.41) is 5.36. The van der Waals surface area contributed by atoms with Crippen molar-refractivity contribution in [2.24, 2.45) is 0 Å². The molecule has 1 aromatic carbocycles. The average molecular weight is 444 g/mol. The Morgan fingerprint density at radius 1 is 0.939 bits per heavy atom. The second-order valence-electron chi connectivity index (χ2n) is 8.43. The van der Waals surface area contributed by atoms with E-state index in [4.69, 9.17) is 4.42 Å². The third kappa shape index (κ3) is 3.88. The van der Waals surface area contributed by atoms with E-state index in [-0.39, 0.29) is 17.7 Å². The monoisotopic (exact) mass is 443 g/mol. The van der Waals surface area contributed by atoms with Gasteiger partial charge in [-0.2, -0.15) is 5.10 Å². The molecule has 0 aliphatic carbocycles. The summed E-state index contributed by atoms with van der Waals surface area (Å²) in [5.41, 5.74) is 2.10. The lowest BCUT2D eigenvalue weighted by atomic mass is 10.0. The van der Waals surface area contributed by atoms with Crippen LogP contribution in [0.4, 0.5) is 0 Å². The minimum absolute atomic E-state index is 0.0725. The number of aromatic nitrogens is 3. The van der Waals surface area contributed by atoms with Gasteiger partial charge in [0.15, 0.2) is 11.6 Å². The van der Waals surface area contributed by atoms with E-state index in [2.05, 4.69) is 10.1 Å². The maximum Gasteiger partial charge on any atom is 0.289 e. The van der Waals surface area contributed by atoms with Gasteiger partial charge >= 0.3 is 0 Å². The first-order valence-electron chi connectivity index (χ1n) is 11.1. The van der Waals surface area contributed by atoms with Crippen LogP contribution in [0.15, 0.2) is 65.3 Å². The maximum absolute atomic E-state index is 13.4. The van der Waals surface area contributed by atoms with Crippen molar-refractivity contribution < 1.29 is 14.0 Å². The molecule has 1 aliphatic rings. The summed E-state index contributed by atoms with van der Waals surface area (Å²) in [5.74, 6) is 0.876. The van der Waals surface area contributed by atoms with E-state index in [1.54, 1.807) is 32.9 Å². The number of carbonyl (C=O) groups is 2. The number of pyridine rings is 1. The molecule has 8 heteroatoms. The van der Waals surface area contributed by atoms with Crippen LogP contribution in [0.25, 0.3) is 16.8 Å². The van der Waals surface area contributed by atoms with Gasteiger partial charge in [-0.05, 0) is 30.2 Å². The van der Waals surface area contributed by atoms with Crippen LogP contribution in [0.5, 0.6) is 0 Å². The molecule has 2 amide bonds. The summed E-state index contributed by atoms with van der Waals surface area (Å²) in [7, 11) is 0. The van der Waals surface area contributed by atoms with Crippen LogP contribution in [0.3, 0.4) is 0 Å². The smallest absolute Gasteiger partial charge is 0.289 e. The Hall–Kier alpha value is -3.94. The molecule has 1 fully saturated rings. The van der Waals surface area contributed by atoms with E-state index in [1.165, 1.54) is 0 Å². The molecule has 0 radical (unpaired) electrons. The highest BCUT2D eigenvalue weighted by Crippen LogP contribution is 2.25. The Balaban J connectivity index is 1.31. The van der Waals surface area contributed by atoms with Gasteiger partial charge in [-0.1, -0.05) is 38.1 Å². The highest BCUT2D eigenvalue weighted by molar-refractivity contribution is 5.97. The fourth-order valence-corrected chi connectivity index (χ4v) is 4.27. The number of rotatable bonds is 4. The number of para-hydroxylation sites is 1. The van der Waals surface area contributed by atoms with E-state index in [0.717, 1.165) is 11.1 Å². The fraction of sp³-hybridized carbons (Fsp3) is 0.280. The maximum atomic E-state index is 13.4. The molecular weight excluding hydrogens is 418 g/mol. The molecule has 33 heavy (non-hydrogen) atoms. The van der Waals surface area contributed by atoms with Gasteiger partial charge in [0.05, 0.1) is 17.5 Å². The lowest BCUT2D eigenvalue weighted by Crippen LogP contribution is -2.50. The first-order chi connectivity index (χ1) is 16.0. The van der Waals surface area contributed by atoms with Crippen molar-refractivity contribution in [1.82, 2.24) is 24.6 Å². The summed E-state index contributed by atoms with van der Waals surface area (Å²) in [6, 6.07) is 15.0. The van der Waals surface area contributed by atoms with E-state index >= 15 is 0 Å². The topological polar surface area (TPSA) is 84.5 Å². The molecule has 4 aromatic rings. The number of hydrogen-bond acceptors (Lipinski definition) is 5. The predicted molar refractivity (Wildman–Crippen MR) is 123 cm³/mol. The largest absolute Gasteiger partial charge is 0.451 e. The van der Waals surface area contributed by atoms with Crippen molar-refractivity contribution in [1.29, 1.82) is 0 Å². The normalized spacial score (nSPS) is 14.3. The van der Waals surface area contributed by atoms with Gasteiger partial charge < -0.3 is 14.2 Å². The number of furan rings is 1. The number of benzene rings is 1. The summed E-state index contributed by atoms with van der Waals surface area (Å²) < 4.78 is 7.46. The van der Waals surface area contributed by atoms with E-state index in [1.807, 2.05) is 56.3 Å². The third-order valence-corrected chi connectivity index (χ3v) is 5.94. The second kappa shape index (κ2) is 8.54. The van der Waals surface area contributed by atoms with Crippen LogP contribution in [-0.4, -0.2) is 62.6 Å². The molecule has 0 spiro atoms. The molecule has 3 aromatic heterocycles. The summed E-state index contributed by atoms with van der Waals surface area (Å²) in [6.45, 7) is 5.89. The van der Waals surface area contributed by atoms with Gasteiger partial charge in [0.2, 0.25) is 0 Å². The Labute approximate surface area is 191 Å². The molecule has 0 N–H and O–H groups in total. The highest BCUT2D eigenvalue weighted by Gasteiger charge is 2.30. The zero-order chi connectivity index (χ0) is 22.9. The van der Waals surface area contributed by atoms with Crippen molar-refractivity contribution in [3.8, 4) is 5.82 Å². The average Bonchev–Trinajstić information content (AvgIpc) is 3.49. The van der Waals surface area contributed by atoms with Crippen molar-refractivity contribution in [3.63, 3.8) is 0 Å². The van der Waals surface area contributed by atoms with Gasteiger partial charge in [0.1, 0.15) is 5.58 Å². The second-order valence-corrected chi connectivity index (χ2v) is 8.43. The van der Waals surface area contributed by atoms with Crippen molar-refractivity contribution >= 4 is 22.8 Å². The predicted octanol–water partition coefficient (Wildman–Crippen LogP) is 3.74. The Kier molecular flexibility index (Phi) is 5.42. The van der Waals surface area contributed by atoms with Crippen LogP contribution < -0.4 is 0 Å². The van der Waals surface area contributed by atoms with Crippen molar-refractivity contribution in [2.75, 3.05) is 26.2 Å². The van der Waals surface area contributed by atoms with Crippen molar-refractivity contribution in [3.05, 3.63) is 77.9 Å². The quantitative estimate of drug-likeness (QED) is 0.480. The zero-order valence-electron chi connectivity index (χ0n) is 18.6. The van der Waals surface area contributed by atoms with Crippen LogP contribution in [-0.2, 0) is 0 Å². The summed E-state index contributed by atoms with van der Waals surface area (Å²) in [6.07, 6.45) is 3.33. The molecule has 5 rings (SSSR count). The number of amides is 2. The fourth-order valence-electron chi connectivity index (χ4n) is 4.27. The molecule has 0 saturated carbocycles. The van der Waals surface area contributed by atoms with Crippen LogP contribution in [0, 0.1) is 0 Å². The number of fused-ring (bicyclic) bond motifs is 1. The lowest BCUT2D eigenvalue weighted by Gasteiger charge is -2.34. The van der Waals surface area contributed by atoms with Crippen LogP contribution in [0.2, 0.25) is 0 Å². The standard InChI is InChI=1S/C25H25N5O3/c1-17(2)23-19(16-27-30(23)22-9-5-6-10-26-22)24(31)28-11-13-29(14-12-28)25(32)21-15-18-7-3-4-8-20(18)33-21/h3-10,15-17H,11-14H2,1-2H3. The molecule has 1 aliphatic heterocycles. The Morgan fingerprint density at radius 2 is 1.64 bits per heavy atom. The van der Waals surface area contributed by atoms with E-state index in [9.17, 15) is 9.59 Å². The molecule has 8 nitrogen and oxygen atoms in total. The zero-order valence-corrected chi connectivity index (χ0v) is 18.6. The van der Waals surface area contributed by atoms with Gasteiger partial charge in [0, 0.05) is 37.8 Å². The van der Waals surface area contributed by atoms with Crippen molar-refractivity contribution in [2.45, 2.75) is 19.8 Å². The van der Waals surface area contributed by atoms with Crippen LogP contribution >= 0.6 is 0 Å². The third-order valence-electron chi connectivity index (χ3n) is 5.94. The molecule has 168 valence electrons. The number of nitrogens with zero attached hydrogens (tertiary/aromatic N) is 5. The summed E-state index contributed by atoms with van der Waals surface area (Å²) in [4.78, 5) is 34.2. The molecule has 0 unspecified atom stereocenters. The molecule has 0 bridgehead atoms. The highest BCUT2D eigenvalue weighted by atomic mass is 16.3. The molecule has 1 saturated heterocycles. The minimum Gasteiger partial charge on any atom is -0.451 e. The van der Waals surface area contributed by atoms with Gasteiger partial charge in [-0.3, -0.25) is 9.59 Å². The number of piperazine rings is 1. The van der Waals surface area contributed by atoms with Gasteiger partial charge in [-0.25, -0.2) is 9.67 Å². The first-order valence-corrected chi connectivity index (χ1v) is 11.1. The van der Waals surface area contributed by atoms with Crippen LogP contribution in [0.1, 0.15) is 46.4 Å². The summed E-state index contributed by atoms with van der Waals surface area (Å²) >= 11 is 0. The number of hydrogen-bond donors (Lipinski definition) is 0. The van der Waals surface area contributed by atoms with Gasteiger partial charge in [0.25, 0.3) is 11.8 Å². The first kappa shape index (κ1) is 20.9. The molecule has 0 atom stereocenters. The van der Waals surface area contributed by atoms with E-state index < -0.39 is 0 Å². The van der Waals surface area contributed by atoms with Gasteiger partial charge in [-0.15, -0.1) is 0 Å².